The molecule has 0 rings (SSSR count). The van der Waals surface area contributed by atoms with E-state index < -0.39 is 0 Å². The highest BCUT2D eigenvalue weighted by Crippen LogP contribution is 2.32. The summed E-state index contributed by atoms with van der Waals surface area (Å²) in [4.78, 5) is 0. The van der Waals surface area contributed by atoms with Crippen molar-refractivity contribution in [1.82, 2.24) is 0 Å². The maximum atomic E-state index is 2.38. The summed E-state index contributed by atoms with van der Waals surface area (Å²) in [5.41, 5.74) is 0.559. The maximum absolute atomic E-state index is 2.38. The Morgan fingerprint density at radius 1 is 0.923 bits per heavy atom. The molecule has 0 aliphatic rings. The fourth-order valence-electron chi connectivity index (χ4n) is 1.40. The second kappa shape index (κ2) is 5.07. The first kappa shape index (κ1) is 13.1. The number of hydrogen-bond donors (Lipinski definition) is 0. The molecule has 0 N–H and O–H groups in total. The van der Waals surface area contributed by atoms with Gasteiger partial charge in [0.2, 0.25) is 0 Å². The average Bonchev–Trinajstić information content (AvgIpc) is 2.04. The van der Waals surface area contributed by atoms with Gasteiger partial charge in [-0.1, -0.05) is 72.4 Å². The van der Waals surface area contributed by atoms with Gasteiger partial charge in [-0.3, -0.25) is 0 Å². The summed E-state index contributed by atoms with van der Waals surface area (Å²) in [7, 11) is 1.38. The summed E-state index contributed by atoms with van der Waals surface area (Å²) in [6, 6.07) is 0. The van der Waals surface area contributed by atoms with Crippen LogP contribution in [0.4, 0.5) is 0 Å². The van der Waals surface area contributed by atoms with Crippen molar-refractivity contribution >= 4 is 7.28 Å². The van der Waals surface area contributed by atoms with Crippen LogP contribution in [0.25, 0.3) is 0 Å². The fraction of sp³-hybridized carbons (Fsp3) is 1.00. The Hall–Kier alpha value is 0.0649. The largest absolute Gasteiger partial charge is 0.127 e. The second-order valence-electron chi connectivity index (χ2n) is 5.89. The van der Waals surface area contributed by atoms with Crippen molar-refractivity contribution in [3.8, 4) is 0 Å². The van der Waals surface area contributed by atoms with Crippen molar-refractivity contribution in [2.75, 3.05) is 0 Å². The molecule has 0 atom stereocenters. The molecule has 0 saturated carbocycles. The molecular formula is C12H27B. The molecule has 0 aromatic heterocycles. The van der Waals surface area contributed by atoms with Crippen LogP contribution in [-0.4, -0.2) is 7.28 Å². The Labute approximate surface area is 85.7 Å². The van der Waals surface area contributed by atoms with Crippen LogP contribution in [0.15, 0.2) is 0 Å². The zero-order valence-corrected chi connectivity index (χ0v) is 10.5. The Morgan fingerprint density at radius 2 is 1.46 bits per heavy atom. The summed E-state index contributed by atoms with van der Waals surface area (Å²) in [6.07, 6.45) is 5.38. The summed E-state index contributed by atoms with van der Waals surface area (Å²) < 4.78 is 0. The molecule has 0 amide bonds. The van der Waals surface area contributed by atoms with E-state index in [1.807, 2.05) is 0 Å². The highest BCUT2D eigenvalue weighted by atomic mass is 14.2. The zero-order valence-electron chi connectivity index (χ0n) is 10.5. The second-order valence-corrected chi connectivity index (χ2v) is 5.89. The topological polar surface area (TPSA) is 0 Å². The molecule has 13 heavy (non-hydrogen) atoms. The smallest absolute Gasteiger partial charge is 0.0764 e. The van der Waals surface area contributed by atoms with Crippen molar-refractivity contribution in [3.05, 3.63) is 0 Å². The molecule has 0 aromatic carbocycles. The Kier molecular flexibility index (Phi) is 5.10. The van der Waals surface area contributed by atoms with E-state index in [4.69, 9.17) is 0 Å². The van der Waals surface area contributed by atoms with Gasteiger partial charge in [-0.25, -0.2) is 0 Å². The van der Waals surface area contributed by atoms with E-state index >= 15 is 0 Å². The third-order valence-corrected chi connectivity index (χ3v) is 3.62. The predicted molar refractivity (Wildman–Crippen MR) is 65.0 cm³/mol. The SMILES string of the molecule is CCC(C)(C)BCCC(C)(C)CC. The molecule has 0 radical (unpaired) electrons. The fourth-order valence-corrected chi connectivity index (χ4v) is 1.40. The molecule has 0 heterocycles. The maximum Gasteiger partial charge on any atom is 0.127 e. The summed E-state index contributed by atoms with van der Waals surface area (Å²) in [6.45, 7) is 14.1. The summed E-state index contributed by atoms with van der Waals surface area (Å²) >= 11 is 0. The number of rotatable bonds is 6. The van der Waals surface area contributed by atoms with Gasteiger partial charge < -0.3 is 0 Å². The number of hydrogen-bond acceptors (Lipinski definition) is 0. The highest BCUT2D eigenvalue weighted by Gasteiger charge is 2.20. The molecule has 0 aliphatic heterocycles. The van der Waals surface area contributed by atoms with Gasteiger partial charge in [0.15, 0.2) is 0 Å². The average molecular weight is 182 g/mol. The van der Waals surface area contributed by atoms with E-state index in [2.05, 4.69) is 41.5 Å². The van der Waals surface area contributed by atoms with Gasteiger partial charge in [0, 0.05) is 0 Å². The lowest BCUT2D eigenvalue weighted by Gasteiger charge is -2.26. The lowest BCUT2D eigenvalue weighted by atomic mass is 9.50. The monoisotopic (exact) mass is 182 g/mol. The molecule has 0 nitrogen and oxygen atoms in total. The summed E-state index contributed by atoms with van der Waals surface area (Å²) in [5, 5.41) is 0.559. The molecule has 0 fully saturated rings. The van der Waals surface area contributed by atoms with Crippen LogP contribution in [-0.2, 0) is 0 Å². The molecule has 1 heteroatoms. The lowest BCUT2D eigenvalue weighted by Crippen LogP contribution is -2.16. The minimum absolute atomic E-state index is 0.559. The minimum atomic E-state index is 0.559. The van der Waals surface area contributed by atoms with Crippen LogP contribution in [0.1, 0.15) is 60.8 Å². The Morgan fingerprint density at radius 3 is 1.85 bits per heavy atom. The van der Waals surface area contributed by atoms with Crippen LogP contribution in [0.3, 0.4) is 0 Å². The first-order valence-electron chi connectivity index (χ1n) is 5.83. The third kappa shape index (κ3) is 6.18. The molecule has 0 aromatic rings. The zero-order chi connectivity index (χ0) is 10.5. The van der Waals surface area contributed by atoms with Gasteiger partial charge in [0.25, 0.3) is 0 Å². The van der Waals surface area contributed by atoms with Gasteiger partial charge in [-0.05, 0) is 5.41 Å². The van der Waals surface area contributed by atoms with Gasteiger partial charge >= 0.3 is 0 Å². The molecule has 0 unspecified atom stereocenters. The van der Waals surface area contributed by atoms with Crippen molar-refractivity contribution in [1.29, 1.82) is 0 Å². The van der Waals surface area contributed by atoms with Crippen molar-refractivity contribution < 1.29 is 0 Å². The Balaban J connectivity index is 3.68. The van der Waals surface area contributed by atoms with E-state index in [-0.39, 0.29) is 0 Å². The minimum Gasteiger partial charge on any atom is -0.0764 e. The van der Waals surface area contributed by atoms with Crippen LogP contribution >= 0.6 is 0 Å². The first-order chi connectivity index (χ1) is 5.83. The molecular weight excluding hydrogens is 155 g/mol. The molecule has 0 bridgehead atoms. The van der Waals surface area contributed by atoms with Crippen molar-refractivity contribution in [2.24, 2.45) is 5.41 Å². The van der Waals surface area contributed by atoms with E-state index in [1.165, 1.54) is 32.9 Å². The molecule has 0 spiro atoms. The van der Waals surface area contributed by atoms with E-state index in [0.29, 0.717) is 10.7 Å². The van der Waals surface area contributed by atoms with Crippen LogP contribution in [0, 0.1) is 5.41 Å². The third-order valence-electron chi connectivity index (χ3n) is 3.62. The Bertz CT molecular complexity index is 120. The molecule has 0 saturated heterocycles. The van der Waals surface area contributed by atoms with E-state index in [0.717, 1.165) is 0 Å². The van der Waals surface area contributed by atoms with Crippen molar-refractivity contribution in [2.45, 2.75) is 72.4 Å². The highest BCUT2D eigenvalue weighted by molar-refractivity contribution is 6.39. The van der Waals surface area contributed by atoms with E-state index in [1.54, 1.807) is 0 Å². The summed E-state index contributed by atoms with van der Waals surface area (Å²) in [5.74, 6) is 0. The first-order valence-corrected chi connectivity index (χ1v) is 5.83. The van der Waals surface area contributed by atoms with Crippen molar-refractivity contribution in [3.63, 3.8) is 0 Å². The lowest BCUT2D eigenvalue weighted by molar-refractivity contribution is 0.336. The van der Waals surface area contributed by atoms with Gasteiger partial charge in [0.1, 0.15) is 7.28 Å². The normalized spacial score (nSPS) is 13.1. The van der Waals surface area contributed by atoms with Crippen LogP contribution < -0.4 is 0 Å². The predicted octanol–water partition coefficient (Wildman–Crippen LogP) is 4.28. The molecule has 78 valence electrons. The van der Waals surface area contributed by atoms with E-state index in [9.17, 15) is 0 Å². The van der Waals surface area contributed by atoms with Gasteiger partial charge in [-0.15, -0.1) is 0 Å². The molecule has 0 aliphatic carbocycles. The standard InChI is InChI=1S/C12H27B/c1-7-11(3,4)9-10-13-12(5,6)8-2/h13H,7-10H2,1-6H3. The van der Waals surface area contributed by atoms with Crippen LogP contribution in [0.2, 0.25) is 11.6 Å². The van der Waals surface area contributed by atoms with Crippen LogP contribution in [0.5, 0.6) is 0 Å². The quantitative estimate of drug-likeness (QED) is 0.538. The van der Waals surface area contributed by atoms with Gasteiger partial charge in [-0.2, -0.15) is 0 Å². The van der Waals surface area contributed by atoms with Gasteiger partial charge in [0.05, 0.1) is 0 Å².